The molecule has 3 aromatic rings. The predicted octanol–water partition coefficient (Wildman–Crippen LogP) is 4.08. The predicted molar refractivity (Wildman–Crippen MR) is 154 cm³/mol. The molecule has 222 valence electrons. The van der Waals surface area contributed by atoms with Gasteiger partial charge in [0.05, 0.1) is 20.3 Å². The lowest BCUT2D eigenvalue weighted by Crippen LogP contribution is -2.47. The number of aryl methyl sites for hydroxylation is 2. The van der Waals surface area contributed by atoms with Crippen LogP contribution in [0.15, 0.2) is 66.9 Å². The SMILES string of the molecule is COc1ccnc(C(=O)NC2COCC(CCc3ccccc3)C(Oc3ccc(C)cc3)C(C)OC2=O)c1OC(C)=O. The van der Waals surface area contributed by atoms with Crippen LogP contribution >= 0.6 is 0 Å². The highest BCUT2D eigenvalue weighted by molar-refractivity contribution is 5.98. The summed E-state index contributed by atoms with van der Waals surface area (Å²) < 4.78 is 28.7. The highest BCUT2D eigenvalue weighted by Gasteiger charge is 2.37. The van der Waals surface area contributed by atoms with Crippen LogP contribution in [0.5, 0.6) is 17.2 Å². The highest BCUT2D eigenvalue weighted by Crippen LogP contribution is 2.30. The molecular formula is C32H36N2O8. The van der Waals surface area contributed by atoms with Crippen LogP contribution in [0.1, 0.15) is 41.9 Å². The molecule has 1 saturated heterocycles. The molecule has 10 heteroatoms. The van der Waals surface area contributed by atoms with E-state index in [0.717, 1.165) is 18.4 Å². The number of esters is 2. The lowest BCUT2D eigenvalue weighted by Gasteiger charge is -2.31. The lowest BCUT2D eigenvalue weighted by atomic mass is 9.92. The van der Waals surface area contributed by atoms with Gasteiger partial charge in [0.2, 0.25) is 5.75 Å². The number of hydrogen-bond donors (Lipinski definition) is 1. The van der Waals surface area contributed by atoms with E-state index in [-0.39, 0.29) is 36.3 Å². The first kappa shape index (κ1) is 30.5. The third-order valence-electron chi connectivity index (χ3n) is 6.92. The summed E-state index contributed by atoms with van der Waals surface area (Å²) >= 11 is 0. The molecule has 0 spiro atoms. The number of aromatic nitrogens is 1. The molecular weight excluding hydrogens is 540 g/mol. The number of carbonyl (C=O) groups is 3. The van der Waals surface area contributed by atoms with Gasteiger partial charge in [-0.05, 0) is 44.4 Å². The molecule has 2 aromatic carbocycles. The van der Waals surface area contributed by atoms with Gasteiger partial charge >= 0.3 is 11.9 Å². The first-order valence-corrected chi connectivity index (χ1v) is 13.8. The Hall–Kier alpha value is -4.44. The fourth-order valence-electron chi connectivity index (χ4n) is 4.75. The molecule has 0 radical (unpaired) electrons. The van der Waals surface area contributed by atoms with E-state index >= 15 is 0 Å². The van der Waals surface area contributed by atoms with E-state index < -0.39 is 36.1 Å². The number of nitrogens with one attached hydrogen (secondary N) is 1. The van der Waals surface area contributed by atoms with Crippen LogP contribution in [0, 0.1) is 12.8 Å². The number of rotatable bonds is 9. The second kappa shape index (κ2) is 14.5. The van der Waals surface area contributed by atoms with Gasteiger partial charge in [0.25, 0.3) is 5.91 Å². The van der Waals surface area contributed by atoms with E-state index in [9.17, 15) is 14.4 Å². The zero-order valence-electron chi connectivity index (χ0n) is 24.2. The zero-order valence-corrected chi connectivity index (χ0v) is 24.2. The van der Waals surface area contributed by atoms with Gasteiger partial charge in [-0.15, -0.1) is 0 Å². The molecule has 4 atom stereocenters. The van der Waals surface area contributed by atoms with Gasteiger partial charge < -0.3 is 29.0 Å². The molecule has 0 saturated carbocycles. The van der Waals surface area contributed by atoms with Crippen LogP contribution in [0.25, 0.3) is 0 Å². The summed E-state index contributed by atoms with van der Waals surface area (Å²) in [5.74, 6) is -1.57. The molecule has 1 aliphatic heterocycles. The number of pyridine rings is 1. The number of benzene rings is 2. The third kappa shape index (κ3) is 8.07. The molecule has 1 aromatic heterocycles. The van der Waals surface area contributed by atoms with E-state index in [1.807, 2.05) is 49.4 Å². The summed E-state index contributed by atoms with van der Waals surface area (Å²) in [6.07, 6.45) is 1.67. The quantitative estimate of drug-likeness (QED) is 0.376. The Labute approximate surface area is 245 Å². The van der Waals surface area contributed by atoms with E-state index in [4.69, 9.17) is 23.7 Å². The Balaban J connectivity index is 1.54. The average Bonchev–Trinajstić information content (AvgIpc) is 3.02. The molecule has 4 unspecified atom stereocenters. The smallest absolute Gasteiger partial charge is 0.331 e. The van der Waals surface area contributed by atoms with E-state index in [0.29, 0.717) is 5.75 Å². The number of amides is 1. The minimum absolute atomic E-state index is 0.126. The van der Waals surface area contributed by atoms with Gasteiger partial charge in [0.15, 0.2) is 17.5 Å². The van der Waals surface area contributed by atoms with Crippen molar-refractivity contribution < 1.29 is 38.1 Å². The average molecular weight is 577 g/mol. The van der Waals surface area contributed by atoms with Crippen LogP contribution in [0.4, 0.5) is 0 Å². The first-order valence-electron chi connectivity index (χ1n) is 13.8. The molecule has 0 aliphatic carbocycles. The minimum atomic E-state index is -1.15. The van der Waals surface area contributed by atoms with Crippen LogP contribution in [0.3, 0.4) is 0 Å². The monoisotopic (exact) mass is 576 g/mol. The number of cyclic esters (lactones) is 1. The van der Waals surface area contributed by atoms with Crippen molar-refractivity contribution in [1.29, 1.82) is 0 Å². The van der Waals surface area contributed by atoms with E-state index in [1.54, 1.807) is 6.92 Å². The molecule has 4 rings (SSSR count). The van der Waals surface area contributed by atoms with Gasteiger partial charge in [0.1, 0.15) is 18.0 Å². The van der Waals surface area contributed by atoms with Crippen molar-refractivity contribution >= 4 is 17.8 Å². The van der Waals surface area contributed by atoms with Crippen molar-refractivity contribution in [3.63, 3.8) is 0 Å². The summed E-state index contributed by atoms with van der Waals surface area (Å²) in [4.78, 5) is 42.3. The van der Waals surface area contributed by atoms with Crippen LogP contribution in [-0.4, -0.2) is 61.4 Å². The Bertz CT molecular complexity index is 1360. The minimum Gasteiger partial charge on any atom is -0.493 e. The fraction of sp³-hybridized carbons (Fsp3) is 0.375. The summed E-state index contributed by atoms with van der Waals surface area (Å²) in [5, 5.41) is 2.62. The molecule has 42 heavy (non-hydrogen) atoms. The maximum absolute atomic E-state index is 13.3. The normalized spacial score (nSPS) is 20.7. The van der Waals surface area contributed by atoms with Crippen molar-refractivity contribution in [3.05, 3.63) is 83.7 Å². The summed E-state index contributed by atoms with van der Waals surface area (Å²) in [6.45, 7) is 5.10. The van der Waals surface area contributed by atoms with Gasteiger partial charge in [-0.1, -0.05) is 48.0 Å². The van der Waals surface area contributed by atoms with Gasteiger partial charge in [-0.25, -0.2) is 9.78 Å². The van der Waals surface area contributed by atoms with Crippen molar-refractivity contribution in [2.75, 3.05) is 20.3 Å². The van der Waals surface area contributed by atoms with E-state index in [2.05, 4.69) is 22.4 Å². The van der Waals surface area contributed by atoms with Gasteiger partial charge in [0, 0.05) is 25.1 Å². The van der Waals surface area contributed by atoms with Crippen molar-refractivity contribution in [3.8, 4) is 17.2 Å². The summed E-state index contributed by atoms with van der Waals surface area (Å²) in [5.41, 5.74) is 2.06. The second-order valence-corrected chi connectivity index (χ2v) is 10.2. The molecule has 2 heterocycles. The third-order valence-corrected chi connectivity index (χ3v) is 6.92. The second-order valence-electron chi connectivity index (χ2n) is 10.2. The van der Waals surface area contributed by atoms with Crippen LogP contribution < -0.4 is 19.5 Å². The zero-order chi connectivity index (χ0) is 30.1. The number of methoxy groups -OCH3 is 1. The van der Waals surface area contributed by atoms with Crippen molar-refractivity contribution in [2.24, 2.45) is 5.92 Å². The Kier molecular flexibility index (Phi) is 10.5. The molecule has 1 amide bonds. The van der Waals surface area contributed by atoms with E-state index in [1.165, 1.54) is 31.9 Å². The Morgan fingerprint density at radius 3 is 2.48 bits per heavy atom. The molecule has 10 nitrogen and oxygen atoms in total. The molecule has 1 aliphatic rings. The molecule has 0 bridgehead atoms. The fourth-order valence-corrected chi connectivity index (χ4v) is 4.75. The van der Waals surface area contributed by atoms with Gasteiger partial charge in [-0.3, -0.25) is 9.59 Å². The van der Waals surface area contributed by atoms with Crippen LogP contribution in [-0.2, 0) is 25.5 Å². The van der Waals surface area contributed by atoms with Crippen molar-refractivity contribution in [1.82, 2.24) is 10.3 Å². The van der Waals surface area contributed by atoms with Crippen molar-refractivity contribution in [2.45, 2.75) is 51.9 Å². The van der Waals surface area contributed by atoms with Gasteiger partial charge in [-0.2, -0.15) is 0 Å². The standard InChI is InChI=1S/C32H36N2O8/c1-20-10-14-25(15-11-20)42-29-21(2)40-32(37)26(19-39-18-24(29)13-12-23-8-6-5-7-9-23)34-31(36)28-30(41-22(3)35)27(38-4)16-17-33-28/h5-11,14-17,21,24,26,29H,12-13,18-19H2,1-4H3,(H,34,36). The number of carbonyl (C=O) groups excluding carboxylic acids is 3. The maximum Gasteiger partial charge on any atom is 0.331 e. The Morgan fingerprint density at radius 1 is 1.05 bits per heavy atom. The lowest BCUT2D eigenvalue weighted by molar-refractivity contribution is -0.156. The number of nitrogens with zero attached hydrogens (tertiary/aromatic N) is 1. The summed E-state index contributed by atoms with van der Waals surface area (Å²) in [7, 11) is 1.37. The molecule has 1 fully saturated rings. The largest absolute Gasteiger partial charge is 0.493 e. The number of ether oxygens (including phenoxy) is 5. The topological polar surface area (TPSA) is 122 Å². The molecule has 1 N–H and O–H groups in total. The maximum atomic E-state index is 13.3. The summed E-state index contributed by atoms with van der Waals surface area (Å²) in [6, 6.07) is 18.1. The van der Waals surface area contributed by atoms with Crippen LogP contribution in [0.2, 0.25) is 0 Å². The Morgan fingerprint density at radius 2 is 1.79 bits per heavy atom. The highest BCUT2D eigenvalue weighted by atomic mass is 16.6. The number of hydrogen-bond acceptors (Lipinski definition) is 9. The first-order chi connectivity index (χ1) is 20.2.